The molecule has 1 N–H and O–H groups in total. The number of hydrogen-bond acceptors (Lipinski definition) is 4. The molecule has 0 fully saturated rings. The third-order valence-electron chi connectivity index (χ3n) is 2.72. The zero-order valence-corrected chi connectivity index (χ0v) is 13.6. The molecule has 7 heteroatoms. The van der Waals surface area contributed by atoms with Crippen molar-refractivity contribution >= 4 is 44.8 Å². The van der Waals surface area contributed by atoms with Crippen LogP contribution in [-0.2, 0) is 7.05 Å². The molecule has 2 aromatic rings. The molecule has 2 rings (SSSR count). The van der Waals surface area contributed by atoms with E-state index in [0.29, 0.717) is 16.3 Å². The highest BCUT2D eigenvalue weighted by atomic mass is 127. The topological polar surface area (TPSA) is 70.7 Å². The normalized spacial score (nSPS) is 10.3. The Morgan fingerprint density at radius 3 is 2.79 bits per heavy atom. The van der Waals surface area contributed by atoms with E-state index in [1.165, 1.54) is 11.3 Å². The van der Waals surface area contributed by atoms with Crippen molar-refractivity contribution in [2.24, 2.45) is 7.05 Å². The zero-order chi connectivity index (χ0) is 14.2. The Kier molecular flexibility index (Phi) is 3.91. The summed E-state index contributed by atoms with van der Waals surface area (Å²) in [5.74, 6) is -0.289. The van der Waals surface area contributed by atoms with Crippen LogP contribution in [0.4, 0.5) is 5.00 Å². The van der Waals surface area contributed by atoms with Gasteiger partial charge in [0.1, 0.15) is 11.1 Å². The van der Waals surface area contributed by atoms with Gasteiger partial charge in [0.05, 0.1) is 9.13 Å². The van der Waals surface area contributed by atoms with Crippen LogP contribution >= 0.6 is 33.9 Å². The lowest BCUT2D eigenvalue weighted by molar-refractivity contribution is 0.102. The maximum Gasteiger partial charge on any atom is 0.277 e. The van der Waals surface area contributed by atoms with E-state index in [0.717, 1.165) is 14.0 Å². The number of amides is 1. The molecule has 0 atom stereocenters. The van der Waals surface area contributed by atoms with E-state index in [-0.39, 0.29) is 5.91 Å². The molecule has 0 aliphatic heterocycles. The first kappa shape index (κ1) is 14.0. The average molecular weight is 386 g/mol. The molecular formula is C12H11IN4OS. The summed E-state index contributed by atoms with van der Waals surface area (Å²) in [6, 6.07) is 2.13. The standard InChI is InChI=1S/C12H11IN4OS/c1-6-7(2)19-12(8(6)4-14)15-11(18)10-9(13)5-17(3)16-10/h5H,1-3H3,(H,15,18). The van der Waals surface area contributed by atoms with Crippen molar-refractivity contribution in [1.29, 1.82) is 5.26 Å². The molecule has 19 heavy (non-hydrogen) atoms. The molecule has 0 radical (unpaired) electrons. The summed E-state index contributed by atoms with van der Waals surface area (Å²) in [4.78, 5) is 13.2. The Hall–Kier alpha value is -1.40. The third kappa shape index (κ3) is 2.64. The number of aromatic nitrogens is 2. The molecule has 0 aliphatic rings. The van der Waals surface area contributed by atoms with Crippen molar-refractivity contribution < 1.29 is 4.79 Å². The number of nitrogens with one attached hydrogen (secondary N) is 1. The molecule has 2 heterocycles. The minimum absolute atomic E-state index is 0.289. The number of nitriles is 1. The highest BCUT2D eigenvalue weighted by Crippen LogP contribution is 2.32. The highest BCUT2D eigenvalue weighted by Gasteiger charge is 2.19. The number of thiophene rings is 1. The molecule has 1 amide bonds. The second kappa shape index (κ2) is 5.30. The lowest BCUT2D eigenvalue weighted by Gasteiger charge is -2.01. The van der Waals surface area contributed by atoms with Crippen LogP contribution in [0.25, 0.3) is 0 Å². The number of rotatable bonds is 2. The Morgan fingerprint density at radius 2 is 2.26 bits per heavy atom. The highest BCUT2D eigenvalue weighted by molar-refractivity contribution is 14.1. The molecule has 0 bridgehead atoms. The summed E-state index contributed by atoms with van der Waals surface area (Å²) in [7, 11) is 1.76. The Labute approximate surface area is 128 Å². The number of hydrogen-bond donors (Lipinski definition) is 1. The largest absolute Gasteiger partial charge is 0.311 e. The predicted molar refractivity (Wildman–Crippen MR) is 82.4 cm³/mol. The molecule has 0 aromatic carbocycles. The number of aryl methyl sites for hydroxylation is 2. The molecule has 0 spiro atoms. The van der Waals surface area contributed by atoms with Crippen molar-refractivity contribution in [1.82, 2.24) is 9.78 Å². The molecule has 0 saturated heterocycles. The monoisotopic (exact) mass is 386 g/mol. The van der Waals surface area contributed by atoms with E-state index in [9.17, 15) is 4.79 Å². The molecular weight excluding hydrogens is 375 g/mol. The maximum atomic E-state index is 12.1. The van der Waals surface area contributed by atoms with Gasteiger partial charge in [0.15, 0.2) is 5.69 Å². The summed E-state index contributed by atoms with van der Waals surface area (Å²) in [6.45, 7) is 3.81. The summed E-state index contributed by atoms with van der Waals surface area (Å²) < 4.78 is 2.37. The van der Waals surface area contributed by atoms with Gasteiger partial charge in [-0.1, -0.05) is 0 Å². The van der Waals surface area contributed by atoms with Crippen LogP contribution in [0.1, 0.15) is 26.5 Å². The lowest BCUT2D eigenvalue weighted by Crippen LogP contribution is -2.14. The van der Waals surface area contributed by atoms with Crippen LogP contribution in [0.2, 0.25) is 0 Å². The van der Waals surface area contributed by atoms with Gasteiger partial charge in [0.25, 0.3) is 5.91 Å². The molecule has 2 aromatic heterocycles. The van der Waals surface area contributed by atoms with Crippen LogP contribution in [-0.4, -0.2) is 15.7 Å². The zero-order valence-electron chi connectivity index (χ0n) is 10.6. The van der Waals surface area contributed by atoms with Crippen molar-refractivity contribution in [3.05, 3.63) is 31.5 Å². The second-order valence-corrected chi connectivity index (χ2v) is 6.44. The van der Waals surface area contributed by atoms with Crippen molar-refractivity contribution in [3.63, 3.8) is 0 Å². The van der Waals surface area contributed by atoms with Crippen LogP contribution in [0.5, 0.6) is 0 Å². The van der Waals surface area contributed by atoms with E-state index in [1.54, 1.807) is 17.9 Å². The third-order valence-corrected chi connectivity index (χ3v) is 4.64. The average Bonchev–Trinajstić information content (AvgIpc) is 2.80. The summed E-state index contributed by atoms with van der Waals surface area (Å²) >= 11 is 3.47. The van der Waals surface area contributed by atoms with E-state index in [1.807, 2.05) is 13.8 Å². The van der Waals surface area contributed by atoms with Gasteiger partial charge in [-0.2, -0.15) is 10.4 Å². The summed E-state index contributed by atoms with van der Waals surface area (Å²) in [5, 5.41) is 16.6. The smallest absolute Gasteiger partial charge is 0.277 e. The number of carbonyl (C=O) groups excluding carboxylic acids is 1. The van der Waals surface area contributed by atoms with Gasteiger partial charge in [-0.15, -0.1) is 11.3 Å². The Morgan fingerprint density at radius 1 is 1.58 bits per heavy atom. The van der Waals surface area contributed by atoms with Gasteiger partial charge in [-0.05, 0) is 42.0 Å². The first-order chi connectivity index (χ1) is 8.93. The van der Waals surface area contributed by atoms with Crippen molar-refractivity contribution in [3.8, 4) is 6.07 Å². The number of halogens is 1. The van der Waals surface area contributed by atoms with Gasteiger partial charge in [0, 0.05) is 18.1 Å². The van der Waals surface area contributed by atoms with Gasteiger partial charge in [-0.3, -0.25) is 9.48 Å². The van der Waals surface area contributed by atoms with Gasteiger partial charge >= 0.3 is 0 Å². The quantitative estimate of drug-likeness (QED) is 0.807. The fourth-order valence-corrected chi connectivity index (χ4v) is 3.39. The summed E-state index contributed by atoms with van der Waals surface area (Å²) in [6.07, 6.45) is 1.77. The fourth-order valence-electron chi connectivity index (χ4n) is 1.63. The first-order valence-corrected chi connectivity index (χ1v) is 7.34. The molecule has 0 unspecified atom stereocenters. The molecule has 5 nitrogen and oxygen atoms in total. The van der Waals surface area contributed by atoms with Gasteiger partial charge in [0.2, 0.25) is 0 Å². The van der Waals surface area contributed by atoms with E-state index >= 15 is 0 Å². The Bertz CT molecular complexity index is 695. The minimum Gasteiger partial charge on any atom is -0.311 e. The molecule has 98 valence electrons. The molecule has 0 saturated carbocycles. The summed E-state index contributed by atoms with van der Waals surface area (Å²) in [5.41, 5.74) is 1.82. The number of carbonyl (C=O) groups is 1. The number of nitrogens with zero attached hydrogens (tertiary/aromatic N) is 3. The van der Waals surface area contributed by atoms with E-state index < -0.39 is 0 Å². The maximum absolute atomic E-state index is 12.1. The van der Waals surface area contributed by atoms with Crippen LogP contribution in [0, 0.1) is 28.7 Å². The first-order valence-electron chi connectivity index (χ1n) is 5.44. The number of anilines is 1. The SMILES string of the molecule is Cc1sc(NC(=O)c2nn(C)cc2I)c(C#N)c1C. The predicted octanol–water partition coefficient (Wildman–Crippen LogP) is 2.83. The fraction of sp³-hybridized carbons (Fsp3) is 0.250. The van der Waals surface area contributed by atoms with Crippen LogP contribution < -0.4 is 5.32 Å². The molecule has 0 aliphatic carbocycles. The van der Waals surface area contributed by atoms with E-state index in [2.05, 4.69) is 39.1 Å². The van der Waals surface area contributed by atoms with Crippen molar-refractivity contribution in [2.45, 2.75) is 13.8 Å². The van der Waals surface area contributed by atoms with Crippen molar-refractivity contribution in [2.75, 3.05) is 5.32 Å². The second-order valence-electron chi connectivity index (χ2n) is 4.05. The minimum atomic E-state index is -0.289. The van der Waals surface area contributed by atoms with Gasteiger partial charge in [-0.25, -0.2) is 0 Å². The lowest BCUT2D eigenvalue weighted by atomic mass is 10.2. The van der Waals surface area contributed by atoms with Gasteiger partial charge < -0.3 is 5.32 Å². The van der Waals surface area contributed by atoms with E-state index in [4.69, 9.17) is 5.26 Å². The van der Waals surface area contributed by atoms with Crippen LogP contribution in [0.15, 0.2) is 6.20 Å². The Balaban J connectivity index is 2.32. The van der Waals surface area contributed by atoms with Crippen LogP contribution in [0.3, 0.4) is 0 Å².